The van der Waals surface area contributed by atoms with Gasteiger partial charge >= 0.3 is 0 Å². The third kappa shape index (κ3) is 4.13. The fourth-order valence-corrected chi connectivity index (χ4v) is 3.26. The van der Waals surface area contributed by atoms with Crippen molar-refractivity contribution in [1.82, 2.24) is 9.80 Å². The minimum absolute atomic E-state index is 0.137. The average molecular weight is 340 g/mol. The molecule has 0 N–H and O–H groups in total. The summed E-state index contributed by atoms with van der Waals surface area (Å²) in [7, 11) is 4.19. The number of nitrogens with zero attached hydrogens (tertiary/aromatic N) is 2. The molecule has 2 aromatic carbocycles. The van der Waals surface area contributed by atoms with E-state index in [4.69, 9.17) is 17.0 Å². The molecule has 3 nitrogen and oxygen atoms in total. The van der Waals surface area contributed by atoms with Crippen LogP contribution in [-0.2, 0) is 6.54 Å². The van der Waals surface area contributed by atoms with E-state index in [-0.39, 0.29) is 6.10 Å². The Morgan fingerprint density at radius 2 is 1.79 bits per heavy atom. The lowest BCUT2D eigenvalue weighted by molar-refractivity contribution is 0.152. The van der Waals surface area contributed by atoms with Crippen LogP contribution in [0.3, 0.4) is 0 Å². The summed E-state index contributed by atoms with van der Waals surface area (Å²) >= 11 is 5.79. The summed E-state index contributed by atoms with van der Waals surface area (Å²) in [5, 5.41) is 0. The zero-order valence-corrected chi connectivity index (χ0v) is 15.1. The van der Waals surface area contributed by atoms with Crippen molar-refractivity contribution >= 4 is 17.2 Å². The zero-order valence-electron chi connectivity index (χ0n) is 14.3. The van der Waals surface area contributed by atoms with E-state index in [2.05, 4.69) is 54.2 Å². The van der Waals surface area contributed by atoms with E-state index in [0.717, 1.165) is 42.4 Å². The summed E-state index contributed by atoms with van der Waals surface area (Å²) in [6.45, 7) is 2.63. The van der Waals surface area contributed by atoms with E-state index in [1.165, 1.54) is 5.56 Å². The van der Waals surface area contributed by atoms with Gasteiger partial charge in [-0.2, -0.15) is 0 Å². The van der Waals surface area contributed by atoms with Gasteiger partial charge in [-0.15, -0.1) is 0 Å². The van der Waals surface area contributed by atoms with Crippen LogP contribution in [0.5, 0.6) is 5.75 Å². The summed E-state index contributed by atoms with van der Waals surface area (Å²) in [6, 6.07) is 18.6. The van der Waals surface area contributed by atoms with Crippen LogP contribution in [-0.4, -0.2) is 48.1 Å². The smallest absolute Gasteiger partial charge is 0.130 e. The van der Waals surface area contributed by atoms with Crippen LogP contribution in [0.2, 0.25) is 0 Å². The first-order valence-electron chi connectivity index (χ1n) is 8.37. The van der Waals surface area contributed by atoms with Gasteiger partial charge < -0.3 is 14.5 Å². The highest BCUT2D eigenvalue weighted by atomic mass is 32.1. The van der Waals surface area contributed by atoms with Gasteiger partial charge in [-0.05, 0) is 38.2 Å². The van der Waals surface area contributed by atoms with E-state index in [0.29, 0.717) is 0 Å². The predicted octanol–water partition coefficient (Wildman–Crippen LogP) is 3.58. The summed E-state index contributed by atoms with van der Waals surface area (Å²) < 4.78 is 6.29. The van der Waals surface area contributed by atoms with E-state index < -0.39 is 0 Å². The molecule has 0 radical (unpaired) electrons. The van der Waals surface area contributed by atoms with Crippen molar-refractivity contribution in [2.24, 2.45) is 0 Å². The second-order valence-electron chi connectivity index (χ2n) is 6.50. The molecule has 1 unspecified atom stereocenters. The molecule has 0 fully saturated rings. The van der Waals surface area contributed by atoms with Crippen molar-refractivity contribution in [2.75, 3.05) is 27.2 Å². The van der Waals surface area contributed by atoms with Gasteiger partial charge in [0.25, 0.3) is 0 Å². The fourth-order valence-electron chi connectivity index (χ4n) is 2.95. The second-order valence-corrected chi connectivity index (χ2v) is 6.89. The highest BCUT2D eigenvalue weighted by molar-refractivity contribution is 7.80. The van der Waals surface area contributed by atoms with Crippen molar-refractivity contribution < 1.29 is 4.74 Å². The largest absolute Gasteiger partial charge is 0.488 e. The topological polar surface area (TPSA) is 15.7 Å². The summed E-state index contributed by atoms with van der Waals surface area (Å²) in [5.41, 5.74) is 2.29. The molecule has 0 aromatic heterocycles. The molecule has 0 saturated heterocycles. The van der Waals surface area contributed by atoms with Crippen molar-refractivity contribution in [3.63, 3.8) is 0 Å². The van der Waals surface area contributed by atoms with Gasteiger partial charge in [-0.25, -0.2) is 0 Å². The van der Waals surface area contributed by atoms with Crippen LogP contribution >= 0.6 is 12.2 Å². The molecular weight excluding hydrogens is 316 g/mol. The predicted molar refractivity (Wildman–Crippen MR) is 103 cm³/mol. The Bertz CT molecular complexity index is 687. The van der Waals surface area contributed by atoms with Gasteiger partial charge in [-0.3, -0.25) is 0 Å². The number of hydrogen-bond donors (Lipinski definition) is 0. The number of para-hydroxylation sites is 1. The van der Waals surface area contributed by atoms with Crippen molar-refractivity contribution in [3.05, 3.63) is 65.7 Å². The van der Waals surface area contributed by atoms with Gasteiger partial charge in [0.1, 0.15) is 16.8 Å². The molecular formula is C20H24N2OS. The first-order valence-corrected chi connectivity index (χ1v) is 8.78. The van der Waals surface area contributed by atoms with Gasteiger partial charge in [0.15, 0.2) is 0 Å². The highest BCUT2D eigenvalue weighted by Crippen LogP contribution is 2.27. The summed E-state index contributed by atoms with van der Waals surface area (Å²) in [4.78, 5) is 5.35. The lowest BCUT2D eigenvalue weighted by Gasteiger charge is -2.26. The first kappa shape index (κ1) is 16.9. The SMILES string of the molecule is CN(C)CCC1CN(Cc2ccccc2)C(=S)c2ccccc2O1. The van der Waals surface area contributed by atoms with Crippen LogP contribution in [0, 0.1) is 0 Å². The number of benzene rings is 2. The first-order chi connectivity index (χ1) is 11.6. The molecule has 0 amide bonds. The Hall–Kier alpha value is -1.91. The molecule has 4 heteroatoms. The Balaban J connectivity index is 1.85. The van der Waals surface area contributed by atoms with Crippen LogP contribution < -0.4 is 4.74 Å². The Kier molecular flexibility index (Phi) is 5.48. The molecule has 0 spiro atoms. The van der Waals surface area contributed by atoms with Crippen molar-refractivity contribution in [1.29, 1.82) is 0 Å². The third-order valence-electron chi connectivity index (χ3n) is 4.24. The zero-order chi connectivity index (χ0) is 16.9. The number of rotatable bonds is 5. The van der Waals surface area contributed by atoms with Crippen LogP contribution in [0.15, 0.2) is 54.6 Å². The maximum absolute atomic E-state index is 6.29. The fraction of sp³-hybridized carbons (Fsp3) is 0.350. The van der Waals surface area contributed by atoms with Gasteiger partial charge in [0.2, 0.25) is 0 Å². The normalized spacial score (nSPS) is 17.4. The number of thiocarbonyl (C=S) groups is 1. The molecule has 24 heavy (non-hydrogen) atoms. The quantitative estimate of drug-likeness (QED) is 0.773. The Labute approximate surface area is 149 Å². The van der Waals surface area contributed by atoms with Gasteiger partial charge in [-0.1, -0.05) is 54.7 Å². The van der Waals surface area contributed by atoms with Crippen molar-refractivity contribution in [3.8, 4) is 5.75 Å². The number of ether oxygens (including phenoxy) is 1. The van der Waals surface area contributed by atoms with Crippen molar-refractivity contribution in [2.45, 2.75) is 19.1 Å². The van der Waals surface area contributed by atoms with E-state index in [1.54, 1.807) is 0 Å². The van der Waals surface area contributed by atoms with E-state index in [9.17, 15) is 0 Å². The maximum Gasteiger partial charge on any atom is 0.130 e. The summed E-state index contributed by atoms with van der Waals surface area (Å²) in [6.07, 6.45) is 1.12. The Morgan fingerprint density at radius 3 is 2.54 bits per heavy atom. The number of fused-ring (bicyclic) bond motifs is 1. The van der Waals surface area contributed by atoms with Crippen LogP contribution in [0.25, 0.3) is 0 Å². The molecule has 1 heterocycles. The van der Waals surface area contributed by atoms with Crippen LogP contribution in [0.1, 0.15) is 17.5 Å². The molecule has 3 rings (SSSR count). The molecule has 2 aromatic rings. The molecule has 0 aliphatic carbocycles. The van der Waals surface area contributed by atoms with Gasteiger partial charge in [0.05, 0.1) is 12.1 Å². The standard InChI is InChI=1S/C20H24N2OS/c1-21(2)13-12-17-15-22(14-16-8-4-3-5-9-16)20(24)18-10-6-7-11-19(18)23-17/h3-11,17H,12-15H2,1-2H3. The van der Waals surface area contributed by atoms with Gasteiger partial charge in [0, 0.05) is 13.1 Å². The van der Waals surface area contributed by atoms with Crippen LogP contribution in [0.4, 0.5) is 0 Å². The number of hydrogen-bond acceptors (Lipinski definition) is 3. The molecule has 1 aliphatic heterocycles. The minimum atomic E-state index is 0.137. The third-order valence-corrected chi connectivity index (χ3v) is 4.71. The maximum atomic E-state index is 6.29. The lowest BCUT2D eigenvalue weighted by atomic mass is 10.1. The molecule has 126 valence electrons. The molecule has 1 atom stereocenters. The van der Waals surface area contributed by atoms with E-state index >= 15 is 0 Å². The van der Waals surface area contributed by atoms with E-state index in [1.807, 2.05) is 24.3 Å². The molecule has 0 saturated carbocycles. The molecule has 1 aliphatic rings. The average Bonchev–Trinajstić information content (AvgIpc) is 2.72. The lowest BCUT2D eigenvalue weighted by Crippen LogP contribution is -2.37. The highest BCUT2D eigenvalue weighted by Gasteiger charge is 2.26. The molecule has 0 bridgehead atoms. The Morgan fingerprint density at radius 1 is 1.08 bits per heavy atom. The monoisotopic (exact) mass is 340 g/mol. The second kappa shape index (κ2) is 7.77. The summed E-state index contributed by atoms with van der Waals surface area (Å²) in [5.74, 6) is 0.904. The minimum Gasteiger partial charge on any atom is -0.488 e.